The minimum atomic E-state index is -0.324. The molecule has 0 radical (unpaired) electrons. The van der Waals surface area contributed by atoms with Crippen molar-refractivity contribution in [3.63, 3.8) is 0 Å². The molecular weight excluding hydrogens is 430 g/mol. The molecule has 5 nitrogen and oxygen atoms in total. The van der Waals surface area contributed by atoms with Gasteiger partial charge in [0.15, 0.2) is 0 Å². The summed E-state index contributed by atoms with van der Waals surface area (Å²) in [6.07, 6.45) is 2.32. The lowest BCUT2D eigenvalue weighted by Crippen LogP contribution is -2.37. The maximum absolute atomic E-state index is 13.4. The van der Waals surface area contributed by atoms with E-state index in [2.05, 4.69) is 22.9 Å². The third kappa shape index (κ3) is 4.42. The number of carbonyl (C=O) groups excluding carboxylic acids is 1. The Morgan fingerprint density at radius 2 is 1.83 bits per heavy atom. The molecule has 1 amide bonds. The minimum Gasteiger partial charge on any atom is -0.333 e. The molecule has 0 saturated heterocycles. The zero-order valence-electron chi connectivity index (χ0n) is 17.1. The molecule has 152 valence electrons. The third-order valence-electron chi connectivity index (χ3n) is 5.10. The van der Waals surface area contributed by atoms with Crippen molar-refractivity contribution in [1.29, 1.82) is 0 Å². The van der Waals surface area contributed by atoms with E-state index < -0.39 is 0 Å². The molecule has 3 rings (SSSR count). The van der Waals surface area contributed by atoms with Gasteiger partial charge in [-0.2, -0.15) is 0 Å². The van der Waals surface area contributed by atoms with Gasteiger partial charge < -0.3 is 4.90 Å². The minimum absolute atomic E-state index is 0.0655. The van der Waals surface area contributed by atoms with E-state index in [0.29, 0.717) is 29.7 Å². The summed E-state index contributed by atoms with van der Waals surface area (Å²) in [5.74, 6) is 0.643. The van der Waals surface area contributed by atoms with Gasteiger partial charge in [-0.25, -0.2) is 4.98 Å². The van der Waals surface area contributed by atoms with E-state index in [1.807, 2.05) is 61.2 Å². The number of rotatable bonds is 7. The second kappa shape index (κ2) is 9.35. The van der Waals surface area contributed by atoms with Crippen LogP contribution < -0.4 is 5.56 Å². The van der Waals surface area contributed by atoms with E-state index in [-0.39, 0.29) is 17.5 Å². The number of para-hydroxylation sites is 1. The van der Waals surface area contributed by atoms with Gasteiger partial charge >= 0.3 is 0 Å². The van der Waals surface area contributed by atoms with Crippen molar-refractivity contribution in [2.24, 2.45) is 0 Å². The summed E-state index contributed by atoms with van der Waals surface area (Å²) in [5.41, 5.74) is 1.25. The highest BCUT2D eigenvalue weighted by molar-refractivity contribution is 9.10. The van der Waals surface area contributed by atoms with Gasteiger partial charge in [0.1, 0.15) is 5.82 Å². The lowest BCUT2D eigenvalue weighted by Gasteiger charge is -2.30. The Hall–Kier alpha value is -2.47. The van der Waals surface area contributed by atoms with Crippen LogP contribution in [-0.4, -0.2) is 26.9 Å². The first-order chi connectivity index (χ1) is 14.0. The zero-order valence-corrected chi connectivity index (χ0v) is 18.6. The Balaban J connectivity index is 2.24. The number of aromatic nitrogens is 2. The van der Waals surface area contributed by atoms with Gasteiger partial charge in [0.2, 0.25) is 5.91 Å². The summed E-state index contributed by atoms with van der Waals surface area (Å²) in [6.45, 7) is 6.57. The number of nitrogens with zero attached hydrogens (tertiary/aromatic N) is 3. The Labute approximate surface area is 179 Å². The second-order valence-electron chi connectivity index (χ2n) is 7.07. The van der Waals surface area contributed by atoms with Gasteiger partial charge in [0.05, 0.1) is 22.6 Å². The standard InChI is InChI=1S/C23H26BrN3O2/c1-4-6-15-26(21(28)5-2)16(3)22-25-20-10-8-7-9-19(20)23(29)27(22)18-13-11-17(24)12-14-18/h7-14,16H,4-6,15H2,1-3H3. The van der Waals surface area contributed by atoms with Gasteiger partial charge in [-0.05, 0) is 49.7 Å². The highest BCUT2D eigenvalue weighted by Gasteiger charge is 2.25. The number of carbonyl (C=O) groups is 1. The molecule has 3 aromatic rings. The fourth-order valence-electron chi connectivity index (χ4n) is 3.48. The number of hydrogen-bond donors (Lipinski definition) is 0. The van der Waals surface area contributed by atoms with E-state index >= 15 is 0 Å². The van der Waals surface area contributed by atoms with Crippen LogP contribution in [0.2, 0.25) is 0 Å². The molecule has 0 aliphatic carbocycles. The van der Waals surface area contributed by atoms with Gasteiger partial charge in [-0.1, -0.05) is 48.3 Å². The van der Waals surface area contributed by atoms with Gasteiger partial charge in [-0.3, -0.25) is 14.2 Å². The topological polar surface area (TPSA) is 55.2 Å². The fourth-order valence-corrected chi connectivity index (χ4v) is 3.74. The predicted molar refractivity (Wildman–Crippen MR) is 120 cm³/mol. The molecule has 1 atom stereocenters. The molecule has 29 heavy (non-hydrogen) atoms. The van der Waals surface area contributed by atoms with Crippen LogP contribution >= 0.6 is 15.9 Å². The summed E-state index contributed by atoms with van der Waals surface area (Å²) in [5, 5.41) is 0.563. The number of fused-ring (bicyclic) bond motifs is 1. The Morgan fingerprint density at radius 1 is 1.14 bits per heavy atom. The smallest absolute Gasteiger partial charge is 0.266 e. The van der Waals surface area contributed by atoms with Gasteiger partial charge in [0.25, 0.3) is 5.56 Å². The van der Waals surface area contributed by atoms with Crippen LogP contribution in [-0.2, 0) is 4.79 Å². The fraction of sp³-hybridized carbons (Fsp3) is 0.348. The van der Waals surface area contributed by atoms with E-state index in [0.717, 1.165) is 23.0 Å². The van der Waals surface area contributed by atoms with Crippen molar-refractivity contribution in [2.45, 2.75) is 46.1 Å². The van der Waals surface area contributed by atoms with Crippen LogP contribution in [0.15, 0.2) is 57.8 Å². The van der Waals surface area contributed by atoms with Gasteiger partial charge in [0, 0.05) is 17.4 Å². The first-order valence-corrected chi connectivity index (χ1v) is 10.8. The molecule has 0 aliphatic heterocycles. The summed E-state index contributed by atoms with van der Waals surface area (Å²) in [4.78, 5) is 32.8. The SMILES string of the molecule is CCCCN(C(=O)CC)C(C)c1nc2ccccc2c(=O)n1-c1ccc(Br)cc1. The number of halogens is 1. The lowest BCUT2D eigenvalue weighted by atomic mass is 10.1. The molecule has 1 aromatic heterocycles. The van der Waals surface area contributed by atoms with Crippen LogP contribution in [0.3, 0.4) is 0 Å². The molecule has 6 heteroatoms. The average molecular weight is 456 g/mol. The van der Waals surface area contributed by atoms with Crippen LogP contribution in [0.1, 0.15) is 51.9 Å². The molecule has 2 aromatic carbocycles. The lowest BCUT2D eigenvalue weighted by molar-refractivity contribution is -0.133. The molecular formula is C23H26BrN3O2. The Bertz CT molecular complexity index is 1060. The van der Waals surface area contributed by atoms with E-state index in [9.17, 15) is 9.59 Å². The van der Waals surface area contributed by atoms with Crippen LogP contribution in [0.25, 0.3) is 16.6 Å². The van der Waals surface area contributed by atoms with Crippen LogP contribution in [0, 0.1) is 0 Å². The van der Waals surface area contributed by atoms with Crippen molar-refractivity contribution < 1.29 is 4.79 Å². The third-order valence-corrected chi connectivity index (χ3v) is 5.63. The maximum atomic E-state index is 13.4. The number of amides is 1. The van der Waals surface area contributed by atoms with Crippen molar-refractivity contribution in [1.82, 2.24) is 14.5 Å². The molecule has 0 N–H and O–H groups in total. The molecule has 0 aliphatic rings. The summed E-state index contributed by atoms with van der Waals surface area (Å²) in [7, 11) is 0. The summed E-state index contributed by atoms with van der Waals surface area (Å²) < 4.78 is 2.57. The first kappa shape index (κ1) is 21.2. The largest absolute Gasteiger partial charge is 0.333 e. The van der Waals surface area contributed by atoms with E-state index in [1.165, 1.54) is 0 Å². The molecule has 0 saturated carbocycles. The number of unbranched alkanes of at least 4 members (excludes halogenated alkanes) is 1. The quantitative estimate of drug-likeness (QED) is 0.488. The van der Waals surface area contributed by atoms with E-state index in [4.69, 9.17) is 4.98 Å². The molecule has 1 heterocycles. The van der Waals surface area contributed by atoms with E-state index in [1.54, 1.807) is 10.6 Å². The Kier molecular flexibility index (Phi) is 6.85. The zero-order chi connectivity index (χ0) is 21.0. The highest BCUT2D eigenvalue weighted by Crippen LogP contribution is 2.24. The van der Waals surface area contributed by atoms with Crippen LogP contribution in [0.4, 0.5) is 0 Å². The predicted octanol–water partition coefficient (Wildman–Crippen LogP) is 5.25. The summed E-state index contributed by atoms with van der Waals surface area (Å²) in [6, 6.07) is 14.6. The normalized spacial score (nSPS) is 12.1. The molecule has 0 bridgehead atoms. The number of benzene rings is 2. The monoisotopic (exact) mass is 455 g/mol. The highest BCUT2D eigenvalue weighted by atomic mass is 79.9. The van der Waals surface area contributed by atoms with Gasteiger partial charge in [-0.15, -0.1) is 0 Å². The van der Waals surface area contributed by atoms with Crippen LogP contribution in [0.5, 0.6) is 0 Å². The van der Waals surface area contributed by atoms with Crippen molar-refractivity contribution in [2.75, 3.05) is 6.54 Å². The first-order valence-electron chi connectivity index (χ1n) is 10.0. The number of hydrogen-bond acceptors (Lipinski definition) is 3. The molecule has 0 spiro atoms. The summed E-state index contributed by atoms with van der Waals surface area (Å²) >= 11 is 3.45. The second-order valence-corrected chi connectivity index (χ2v) is 7.99. The van der Waals surface area contributed by atoms with Crippen molar-refractivity contribution >= 4 is 32.7 Å². The molecule has 0 fully saturated rings. The molecule has 1 unspecified atom stereocenters. The van der Waals surface area contributed by atoms with Crippen molar-refractivity contribution in [3.05, 3.63) is 69.2 Å². The maximum Gasteiger partial charge on any atom is 0.266 e. The Morgan fingerprint density at radius 3 is 2.48 bits per heavy atom. The average Bonchev–Trinajstić information content (AvgIpc) is 2.74. The van der Waals surface area contributed by atoms with Crippen molar-refractivity contribution in [3.8, 4) is 5.69 Å².